The van der Waals surface area contributed by atoms with E-state index in [1.807, 2.05) is 31.2 Å². The van der Waals surface area contributed by atoms with Crippen molar-refractivity contribution in [2.75, 3.05) is 13.7 Å². The lowest BCUT2D eigenvalue weighted by Crippen LogP contribution is -2.41. The number of carbonyl (C=O) groups is 2. The minimum atomic E-state index is -0.643. The van der Waals surface area contributed by atoms with E-state index in [1.165, 1.54) is 11.9 Å². The summed E-state index contributed by atoms with van der Waals surface area (Å²) in [5, 5.41) is 5.10. The van der Waals surface area contributed by atoms with Gasteiger partial charge in [0, 0.05) is 11.9 Å². The number of rotatable bonds is 6. The van der Waals surface area contributed by atoms with E-state index in [1.54, 1.807) is 22.8 Å². The Bertz CT molecular complexity index is 1250. The zero-order valence-electron chi connectivity index (χ0n) is 18.8. The van der Waals surface area contributed by atoms with E-state index in [4.69, 9.17) is 9.72 Å². The number of benzene rings is 1. The first-order valence-corrected chi connectivity index (χ1v) is 12.6. The zero-order chi connectivity index (χ0) is 23.5. The Morgan fingerprint density at radius 2 is 1.97 bits per heavy atom. The second-order valence-electron chi connectivity index (χ2n) is 7.68. The van der Waals surface area contributed by atoms with Crippen LogP contribution in [0.1, 0.15) is 37.1 Å². The van der Waals surface area contributed by atoms with E-state index in [-0.39, 0.29) is 5.56 Å². The van der Waals surface area contributed by atoms with E-state index in [2.05, 4.69) is 10.6 Å². The fraction of sp³-hybridized carbons (Fsp3) is 0.391. The molecule has 0 bridgehead atoms. The molecular formula is C23H26N4O4S2. The van der Waals surface area contributed by atoms with Crippen molar-refractivity contribution in [2.45, 2.75) is 49.9 Å². The highest BCUT2D eigenvalue weighted by Crippen LogP contribution is 2.36. The molecule has 2 N–H and O–H groups in total. The van der Waals surface area contributed by atoms with E-state index < -0.39 is 17.2 Å². The molecule has 0 radical (unpaired) electrons. The molecule has 1 atom stereocenters. The number of nitrogens with zero attached hydrogens (tertiary/aromatic N) is 2. The fourth-order valence-electron chi connectivity index (χ4n) is 3.84. The molecule has 4 rings (SSSR count). The molecule has 2 aromatic heterocycles. The van der Waals surface area contributed by atoms with Crippen molar-refractivity contribution in [1.82, 2.24) is 20.2 Å². The molecule has 0 saturated heterocycles. The monoisotopic (exact) mass is 486 g/mol. The molecule has 0 aliphatic heterocycles. The van der Waals surface area contributed by atoms with Gasteiger partial charge in [-0.3, -0.25) is 19.5 Å². The second-order valence-corrected chi connectivity index (χ2v) is 10.1. The Labute approximate surface area is 199 Å². The van der Waals surface area contributed by atoms with Gasteiger partial charge in [0.25, 0.3) is 5.56 Å². The molecule has 1 aromatic carbocycles. The van der Waals surface area contributed by atoms with Crippen molar-refractivity contribution in [3.05, 3.63) is 45.1 Å². The van der Waals surface area contributed by atoms with Crippen molar-refractivity contribution in [1.29, 1.82) is 0 Å². The van der Waals surface area contributed by atoms with Gasteiger partial charge in [-0.15, -0.1) is 11.3 Å². The number of amides is 3. The number of hydrogen-bond donors (Lipinski definition) is 2. The van der Waals surface area contributed by atoms with Crippen LogP contribution >= 0.6 is 23.1 Å². The third kappa shape index (κ3) is 4.77. The molecule has 3 amide bonds. The Hall–Kier alpha value is -2.85. The van der Waals surface area contributed by atoms with Crippen LogP contribution in [0.15, 0.2) is 34.2 Å². The summed E-state index contributed by atoms with van der Waals surface area (Å²) in [6.45, 7) is 4.14. The summed E-state index contributed by atoms with van der Waals surface area (Å²) in [7, 11) is 1.44. The smallest absolute Gasteiger partial charge is 0.321 e. The van der Waals surface area contributed by atoms with Gasteiger partial charge in [0.1, 0.15) is 10.6 Å². The summed E-state index contributed by atoms with van der Waals surface area (Å²) >= 11 is 2.72. The zero-order valence-corrected chi connectivity index (χ0v) is 20.4. The van der Waals surface area contributed by atoms with Crippen LogP contribution in [0.5, 0.6) is 5.75 Å². The molecule has 2 heterocycles. The predicted octanol–water partition coefficient (Wildman–Crippen LogP) is 3.66. The van der Waals surface area contributed by atoms with Crippen LogP contribution < -0.4 is 20.9 Å². The summed E-state index contributed by atoms with van der Waals surface area (Å²) in [6, 6.07) is 6.69. The maximum atomic E-state index is 13.8. The lowest BCUT2D eigenvalue weighted by Gasteiger charge is -2.16. The van der Waals surface area contributed by atoms with Gasteiger partial charge in [-0.2, -0.15) is 0 Å². The maximum absolute atomic E-state index is 13.8. The second kappa shape index (κ2) is 9.96. The van der Waals surface area contributed by atoms with E-state index >= 15 is 0 Å². The molecule has 1 aliphatic carbocycles. The average molecular weight is 487 g/mol. The molecule has 33 heavy (non-hydrogen) atoms. The van der Waals surface area contributed by atoms with Gasteiger partial charge in [-0.05, 0) is 69.4 Å². The molecule has 8 nitrogen and oxygen atoms in total. The number of aromatic nitrogens is 2. The van der Waals surface area contributed by atoms with E-state index in [0.717, 1.165) is 43.0 Å². The standard InChI is InChI=1S/C23H26N4O4S2/c1-4-31-15-11-9-14(10-12-15)27-21(29)18-16-7-5-6-8-17(16)33-20(18)26-23(27)32-13(2)19(28)25-22(30)24-3/h9-13H,4-8H2,1-3H3,(H2,24,25,28,30). The number of urea groups is 1. The topological polar surface area (TPSA) is 102 Å². The van der Waals surface area contributed by atoms with Crippen molar-refractivity contribution in [3.63, 3.8) is 0 Å². The average Bonchev–Trinajstić information content (AvgIpc) is 3.18. The number of nitrogens with one attached hydrogen (secondary N) is 2. The van der Waals surface area contributed by atoms with Crippen molar-refractivity contribution >= 4 is 45.3 Å². The summed E-state index contributed by atoms with van der Waals surface area (Å²) < 4.78 is 7.10. The quantitative estimate of drug-likeness (QED) is 0.407. The molecule has 10 heteroatoms. The number of ether oxygens (including phenoxy) is 1. The van der Waals surface area contributed by atoms with Crippen LogP contribution in [0.25, 0.3) is 15.9 Å². The highest BCUT2D eigenvalue weighted by molar-refractivity contribution is 8.00. The summed E-state index contributed by atoms with van der Waals surface area (Å²) in [5.41, 5.74) is 1.63. The molecule has 0 fully saturated rings. The SMILES string of the molecule is CCOc1ccc(-n2c(SC(C)C(=O)NC(=O)NC)nc3sc4c(c3c2=O)CCCC4)cc1. The van der Waals surface area contributed by atoms with Crippen LogP contribution in [-0.4, -0.2) is 40.4 Å². The van der Waals surface area contributed by atoms with Crippen LogP contribution in [0.2, 0.25) is 0 Å². The Morgan fingerprint density at radius 3 is 2.67 bits per heavy atom. The van der Waals surface area contributed by atoms with E-state index in [0.29, 0.717) is 33.4 Å². The van der Waals surface area contributed by atoms with Gasteiger partial charge in [0.05, 0.1) is 22.9 Å². The van der Waals surface area contributed by atoms with Gasteiger partial charge in [0.15, 0.2) is 5.16 Å². The first-order chi connectivity index (χ1) is 15.9. The number of imide groups is 1. The molecule has 3 aromatic rings. The molecule has 174 valence electrons. The van der Waals surface area contributed by atoms with Crippen molar-refractivity contribution in [3.8, 4) is 11.4 Å². The number of fused-ring (bicyclic) bond motifs is 3. The van der Waals surface area contributed by atoms with Gasteiger partial charge in [0.2, 0.25) is 5.91 Å². The minimum Gasteiger partial charge on any atom is -0.494 e. The maximum Gasteiger partial charge on any atom is 0.321 e. The molecule has 1 unspecified atom stereocenters. The Morgan fingerprint density at radius 1 is 1.24 bits per heavy atom. The van der Waals surface area contributed by atoms with Crippen molar-refractivity contribution < 1.29 is 14.3 Å². The van der Waals surface area contributed by atoms with Gasteiger partial charge >= 0.3 is 6.03 Å². The van der Waals surface area contributed by atoms with E-state index in [9.17, 15) is 14.4 Å². The summed E-state index contributed by atoms with van der Waals surface area (Å²) in [4.78, 5) is 44.6. The van der Waals surface area contributed by atoms with Crippen LogP contribution in [0.4, 0.5) is 4.79 Å². The third-order valence-electron chi connectivity index (χ3n) is 5.48. The normalized spacial score (nSPS) is 13.9. The first kappa shape index (κ1) is 23.3. The minimum absolute atomic E-state index is 0.134. The number of hydrogen-bond acceptors (Lipinski definition) is 7. The fourth-order valence-corrected chi connectivity index (χ4v) is 6.07. The molecule has 0 spiro atoms. The summed E-state index contributed by atoms with van der Waals surface area (Å²) in [5.74, 6) is 0.251. The Kier molecular flexibility index (Phi) is 7.04. The van der Waals surface area contributed by atoms with Crippen LogP contribution in [0, 0.1) is 0 Å². The lowest BCUT2D eigenvalue weighted by molar-refractivity contribution is -0.119. The van der Waals surface area contributed by atoms with Crippen LogP contribution in [-0.2, 0) is 17.6 Å². The van der Waals surface area contributed by atoms with Gasteiger partial charge < -0.3 is 10.1 Å². The largest absolute Gasteiger partial charge is 0.494 e. The predicted molar refractivity (Wildman–Crippen MR) is 131 cm³/mol. The third-order valence-corrected chi connectivity index (χ3v) is 7.72. The molecular weight excluding hydrogens is 460 g/mol. The highest BCUT2D eigenvalue weighted by Gasteiger charge is 2.25. The highest BCUT2D eigenvalue weighted by atomic mass is 32.2. The number of aryl methyl sites for hydroxylation is 2. The number of thioether (sulfide) groups is 1. The summed E-state index contributed by atoms with van der Waals surface area (Å²) in [6.07, 6.45) is 4.03. The van der Waals surface area contributed by atoms with Crippen molar-refractivity contribution in [2.24, 2.45) is 0 Å². The molecule has 1 aliphatic rings. The first-order valence-electron chi connectivity index (χ1n) is 10.9. The number of thiophene rings is 1. The lowest BCUT2D eigenvalue weighted by atomic mass is 9.97. The van der Waals surface area contributed by atoms with Gasteiger partial charge in [-0.1, -0.05) is 11.8 Å². The molecule has 0 saturated carbocycles. The van der Waals surface area contributed by atoms with Gasteiger partial charge in [-0.25, -0.2) is 9.78 Å². The van der Waals surface area contributed by atoms with Crippen LogP contribution in [0.3, 0.4) is 0 Å². The Balaban J connectivity index is 1.81. The number of carbonyl (C=O) groups excluding carboxylic acids is 2.